The van der Waals surface area contributed by atoms with E-state index < -0.39 is 0 Å². The summed E-state index contributed by atoms with van der Waals surface area (Å²) in [5.74, 6) is 0.427. The minimum Gasteiger partial charge on any atom is -0.491 e. The van der Waals surface area contributed by atoms with Crippen LogP contribution in [0, 0.1) is 0 Å². The summed E-state index contributed by atoms with van der Waals surface area (Å²) in [5, 5.41) is 8.85. The van der Waals surface area contributed by atoms with Crippen molar-refractivity contribution in [2.75, 3.05) is 17.2 Å². The second kappa shape index (κ2) is 11.1. The van der Waals surface area contributed by atoms with Crippen molar-refractivity contribution in [3.63, 3.8) is 0 Å². The second-order valence-corrected chi connectivity index (χ2v) is 7.13. The highest BCUT2D eigenvalue weighted by atomic mass is 16.5. The number of nitrogens with one attached hydrogen (secondary N) is 3. The van der Waals surface area contributed by atoms with E-state index in [-0.39, 0.29) is 30.5 Å². The van der Waals surface area contributed by atoms with Crippen LogP contribution < -0.4 is 20.7 Å². The number of hydrogen-bond donors (Lipinski definition) is 3. The molecule has 6 nitrogen and oxygen atoms in total. The molecule has 3 N–H and O–H groups in total. The van der Waals surface area contributed by atoms with Gasteiger partial charge in [0.05, 0.1) is 12.6 Å². The maximum atomic E-state index is 12.3. The molecular weight excluding hydrogens is 366 g/mol. The van der Waals surface area contributed by atoms with Crippen LogP contribution in [0.2, 0.25) is 0 Å². The number of anilines is 2. The molecule has 0 fully saturated rings. The first kappa shape index (κ1) is 22.3. The van der Waals surface area contributed by atoms with Gasteiger partial charge in [0.25, 0.3) is 5.91 Å². The first-order valence-corrected chi connectivity index (χ1v) is 10.1. The van der Waals surface area contributed by atoms with E-state index in [0.29, 0.717) is 16.9 Å². The Morgan fingerprint density at radius 3 is 2.41 bits per heavy atom. The first-order chi connectivity index (χ1) is 13.9. The third-order valence-electron chi connectivity index (χ3n) is 4.60. The van der Waals surface area contributed by atoms with Crippen LogP contribution in [0.5, 0.6) is 5.75 Å². The largest absolute Gasteiger partial charge is 0.491 e. The van der Waals surface area contributed by atoms with Gasteiger partial charge < -0.3 is 20.7 Å². The van der Waals surface area contributed by atoms with Crippen LogP contribution in [0.15, 0.2) is 48.5 Å². The molecule has 2 atom stereocenters. The van der Waals surface area contributed by atoms with E-state index in [1.54, 1.807) is 18.2 Å². The third kappa shape index (κ3) is 7.49. The van der Waals surface area contributed by atoms with E-state index in [2.05, 4.69) is 22.9 Å². The van der Waals surface area contributed by atoms with E-state index in [4.69, 9.17) is 4.74 Å². The van der Waals surface area contributed by atoms with Gasteiger partial charge in [-0.2, -0.15) is 0 Å². The van der Waals surface area contributed by atoms with Gasteiger partial charge in [-0.15, -0.1) is 0 Å². The van der Waals surface area contributed by atoms with Crippen LogP contribution >= 0.6 is 0 Å². The molecule has 2 rings (SSSR count). The topological polar surface area (TPSA) is 79.5 Å². The summed E-state index contributed by atoms with van der Waals surface area (Å²) in [6, 6.07) is 14.6. The normalized spacial score (nSPS) is 12.6. The molecule has 6 heteroatoms. The Balaban J connectivity index is 1.90. The van der Waals surface area contributed by atoms with Crippen molar-refractivity contribution in [1.29, 1.82) is 0 Å². The van der Waals surface area contributed by atoms with Crippen LogP contribution in [0.3, 0.4) is 0 Å². The van der Waals surface area contributed by atoms with Crippen molar-refractivity contribution in [1.82, 2.24) is 5.32 Å². The monoisotopic (exact) mass is 397 g/mol. The average molecular weight is 398 g/mol. The number of amides is 2. The highest BCUT2D eigenvalue weighted by molar-refractivity contribution is 5.96. The number of carbonyl (C=O) groups excluding carboxylic acids is 2. The predicted octanol–water partition coefficient (Wildman–Crippen LogP) is 4.44. The van der Waals surface area contributed by atoms with Gasteiger partial charge >= 0.3 is 0 Å². The zero-order valence-electron chi connectivity index (χ0n) is 17.6. The minimum atomic E-state index is -0.180. The summed E-state index contributed by atoms with van der Waals surface area (Å²) < 4.78 is 5.78. The molecule has 0 saturated heterocycles. The lowest BCUT2D eigenvalue weighted by molar-refractivity contribution is -0.114. The Bertz CT molecular complexity index is 823. The molecule has 2 amide bonds. The molecule has 2 aromatic carbocycles. The summed E-state index contributed by atoms with van der Waals surface area (Å²) in [4.78, 5) is 24.5. The van der Waals surface area contributed by atoms with E-state index in [1.165, 1.54) is 0 Å². The van der Waals surface area contributed by atoms with Crippen molar-refractivity contribution in [3.05, 3.63) is 54.1 Å². The molecule has 0 spiro atoms. The van der Waals surface area contributed by atoms with Crippen molar-refractivity contribution in [3.8, 4) is 5.75 Å². The van der Waals surface area contributed by atoms with Gasteiger partial charge in [0.2, 0.25) is 5.91 Å². The molecule has 0 saturated carbocycles. The van der Waals surface area contributed by atoms with Gasteiger partial charge in [-0.1, -0.05) is 26.0 Å². The zero-order valence-corrected chi connectivity index (χ0v) is 17.6. The zero-order chi connectivity index (χ0) is 21.2. The fourth-order valence-electron chi connectivity index (χ4n) is 2.53. The lowest BCUT2D eigenvalue weighted by atomic mass is 10.1. The number of ether oxygens (including phenoxy) is 1. The molecular formula is C23H31N3O3. The number of benzene rings is 2. The van der Waals surface area contributed by atoms with Gasteiger partial charge in [-0.05, 0) is 57.0 Å². The molecule has 29 heavy (non-hydrogen) atoms. The quantitative estimate of drug-likeness (QED) is 0.554. The van der Waals surface area contributed by atoms with Gasteiger partial charge in [-0.25, -0.2) is 0 Å². The Labute approximate surface area is 173 Å². The Hall–Kier alpha value is -3.02. The van der Waals surface area contributed by atoms with Crippen LogP contribution in [0.4, 0.5) is 11.4 Å². The fourth-order valence-corrected chi connectivity index (χ4v) is 2.53. The van der Waals surface area contributed by atoms with Gasteiger partial charge in [-0.3, -0.25) is 9.59 Å². The molecule has 0 radical (unpaired) electrons. The molecule has 2 aromatic rings. The van der Waals surface area contributed by atoms with Crippen LogP contribution in [0.25, 0.3) is 0 Å². The number of hydrogen-bond acceptors (Lipinski definition) is 4. The fraction of sp³-hybridized carbons (Fsp3) is 0.391. The SMILES string of the molecule is CCC(C)NC(=O)c1cccc(NCC(=O)Nc2cccc(OC(C)CC)c2)c1. The molecule has 0 bridgehead atoms. The molecule has 0 aliphatic carbocycles. The van der Waals surface area contributed by atoms with Crippen molar-refractivity contribution in [2.45, 2.75) is 52.7 Å². The maximum absolute atomic E-state index is 12.3. The molecule has 0 heterocycles. The van der Waals surface area contributed by atoms with Crippen molar-refractivity contribution < 1.29 is 14.3 Å². The van der Waals surface area contributed by atoms with E-state index in [0.717, 1.165) is 18.6 Å². The lowest BCUT2D eigenvalue weighted by Gasteiger charge is -2.14. The Kier molecular flexibility index (Phi) is 8.52. The lowest BCUT2D eigenvalue weighted by Crippen LogP contribution is -2.31. The Morgan fingerprint density at radius 1 is 0.966 bits per heavy atom. The summed E-state index contributed by atoms with van der Waals surface area (Å²) in [5.41, 5.74) is 1.95. The van der Waals surface area contributed by atoms with E-state index in [1.807, 2.05) is 51.1 Å². The number of rotatable bonds is 10. The third-order valence-corrected chi connectivity index (χ3v) is 4.60. The summed E-state index contributed by atoms with van der Waals surface area (Å²) in [7, 11) is 0. The van der Waals surface area contributed by atoms with Gasteiger partial charge in [0, 0.05) is 29.0 Å². The molecule has 2 unspecified atom stereocenters. The standard InChI is InChI=1S/C23H31N3O3/c1-5-16(3)25-23(28)18-9-7-10-19(13-18)24-15-22(27)26-20-11-8-12-21(14-20)29-17(4)6-2/h7-14,16-17,24H,5-6,15H2,1-4H3,(H,25,28)(H,26,27). The van der Waals surface area contributed by atoms with Crippen LogP contribution in [0.1, 0.15) is 50.9 Å². The van der Waals surface area contributed by atoms with Crippen LogP contribution in [-0.4, -0.2) is 30.5 Å². The average Bonchev–Trinajstić information content (AvgIpc) is 2.72. The van der Waals surface area contributed by atoms with Crippen molar-refractivity contribution >= 4 is 23.2 Å². The van der Waals surface area contributed by atoms with Crippen LogP contribution in [-0.2, 0) is 4.79 Å². The highest BCUT2D eigenvalue weighted by Gasteiger charge is 2.10. The molecule has 0 aromatic heterocycles. The molecule has 0 aliphatic heterocycles. The maximum Gasteiger partial charge on any atom is 0.251 e. The number of carbonyl (C=O) groups is 2. The minimum absolute atomic E-state index is 0.0902. The summed E-state index contributed by atoms with van der Waals surface area (Å²) in [6.07, 6.45) is 1.90. The summed E-state index contributed by atoms with van der Waals surface area (Å²) >= 11 is 0. The predicted molar refractivity (Wildman–Crippen MR) is 118 cm³/mol. The van der Waals surface area contributed by atoms with E-state index >= 15 is 0 Å². The van der Waals surface area contributed by atoms with Gasteiger partial charge in [0.15, 0.2) is 0 Å². The summed E-state index contributed by atoms with van der Waals surface area (Å²) in [6.45, 7) is 8.14. The first-order valence-electron chi connectivity index (χ1n) is 10.1. The van der Waals surface area contributed by atoms with Gasteiger partial charge in [0.1, 0.15) is 5.75 Å². The second-order valence-electron chi connectivity index (χ2n) is 7.13. The Morgan fingerprint density at radius 2 is 1.69 bits per heavy atom. The van der Waals surface area contributed by atoms with E-state index in [9.17, 15) is 9.59 Å². The molecule has 156 valence electrons. The molecule has 0 aliphatic rings. The van der Waals surface area contributed by atoms with Crippen molar-refractivity contribution in [2.24, 2.45) is 0 Å². The smallest absolute Gasteiger partial charge is 0.251 e. The highest BCUT2D eigenvalue weighted by Crippen LogP contribution is 2.19.